The minimum atomic E-state index is -0.527. The molecule has 1 unspecified atom stereocenters. The number of nitrogens with zero attached hydrogens (tertiary/aromatic N) is 6. The quantitative estimate of drug-likeness (QED) is 0.415. The zero-order valence-corrected chi connectivity index (χ0v) is 20.6. The number of rotatable bonds is 4. The van der Waals surface area contributed by atoms with E-state index in [1.54, 1.807) is 32.2 Å². The Morgan fingerprint density at radius 2 is 2.03 bits per heavy atom. The van der Waals surface area contributed by atoms with Gasteiger partial charge in [-0.3, -0.25) is 14.0 Å². The van der Waals surface area contributed by atoms with Gasteiger partial charge in [-0.1, -0.05) is 11.6 Å². The smallest absolute Gasteiger partial charge is 0.261 e. The van der Waals surface area contributed by atoms with E-state index in [1.807, 2.05) is 22.0 Å². The lowest BCUT2D eigenvalue weighted by Crippen LogP contribution is -2.39. The Bertz CT molecular complexity index is 1530. The summed E-state index contributed by atoms with van der Waals surface area (Å²) < 4.78 is 29.7. The van der Waals surface area contributed by atoms with Crippen LogP contribution in [0, 0.1) is 12.7 Å². The van der Waals surface area contributed by atoms with E-state index in [4.69, 9.17) is 26.1 Å². The summed E-state index contributed by atoms with van der Waals surface area (Å²) in [5.41, 5.74) is 1.64. The Kier molecular flexibility index (Phi) is 5.74. The molecule has 2 aliphatic heterocycles. The molecule has 0 bridgehead atoms. The Morgan fingerprint density at radius 3 is 2.78 bits per heavy atom. The van der Waals surface area contributed by atoms with Crippen molar-refractivity contribution in [2.75, 3.05) is 37.8 Å². The third kappa shape index (κ3) is 3.95. The second-order valence-electron chi connectivity index (χ2n) is 9.12. The SMILES string of the molecule is Cc1nc2c(-c3ccc(Cl)cc3F)nc(N3CCOC(c4cnn(C5COC5)c4)C3)cc2c(=O)n1C. The number of ether oxygens (including phenoxy) is 2. The molecule has 1 atom stereocenters. The van der Waals surface area contributed by atoms with E-state index in [0.29, 0.717) is 61.1 Å². The highest BCUT2D eigenvalue weighted by atomic mass is 35.5. The summed E-state index contributed by atoms with van der Waals surface area (Å²) in [4.78, 5) is 24.7. The van der Waals surface area contributed by atoms with Crippen LogP contribution in [0.4, 0.5) is 10.2 Å². The van der Waals surface area contributed by atoms with Crippen molar-refractivity contribution in [3.8, 4) is 11.3 Å². The fraction of sp³-hybridized carbons (Fsp3) is 0.360. The van der Waals surface area contributed by atoms with Gasteiger partial charge in [0.05, 0.1) is 37.4 Å². The lowest BCUT2D eigenvalue weighted by atomic mass is 10.1. The molecule has 0 saturated carbocycles. The number of aromatic nitrogens is 5. The maximum atomic E-state index is 15.0. The normalized spacial score (nSPS) is 18.6. The van der Waals surface area contributed by atoms with Crippen molar-refractivity contribution >= 4 is 28.3 Å². The summed E-state index contributed by atoms with van der Waals surface area (Å²) in [7, 11) is 1.67. The zero-order chi connectivity index (χ0) is 25.0. The van der Waals surface area contributed by atoms with E-state index in [-0.39, 0.29) is 28.3 Å². The molecule has 6 rings (SSSR count). The Hall–Kier alpha value is -3.34. The molecule has 0 spiro atoms. The summed E-state index contributed by atoms with van der Waals surface area (Å²) in [6.45, 7) is 4.60. The van der Waals surface area contributed by atoms with E-state index in [0.717, 1.165) is 5.56 Å². The van der Waals surface area contributed by atoms with Crippen LogP contribution >= 0.6 is 11.6 Å². The van der Waals surface area contributed by atoms with Gasteiger partial charge in [0.15, 0.2) is 0 Å². The number of anilines is 1. The number of hydrogen-bond donors (Lipinski definition) is 0. The monoisotopic (exact) mass is 510 g/mol. The van der Waals surface area contributed by atoms with Crippen molar-refractivity contribution in [3.63, 3.8) is 0 Å². The molecule has 1 aromatic carbocycles. The summed E-state index contributed by atoms with van der Waals surface area (Å²) >= 11 is 5.99. The van der Waals surface area contributed by atoms with Crippen LogP contribution < -0.4 is 10.5 Å². The van der Waals surface area contributed by atoms with Crippen molar-refractivity contribution in [2.45, 2.75) is 19.1 Å². The number of morpholine rings is 1. The van der Waals surface area contributed by atoms with Gasteiger partial charge < -0.3 is 14.4 Å². The molecule has 0 N–H and O–H groups in total. The van der Waals surface area contributed by atoms with Gasteiger partial charge in [0.1, 0.15) is 34.8 Å². The maximum Gasteiger partial charge on any atom is 0.261 e. The molecular weight excluding hydrogens is 487 g/mol. The fourth-order valence-corrected chi connectivity index (χ4v) is 4.71. The molecular formula is C25H24ClFN6O3. The van der Waals surface area contributed by atoms with Crippen LogP contribution in [-0.2, 0) is 16.5 Å². The van der Waals surface area contributed by atoms with E-state index in [2.05, 4.69) is 10.1 Å². The summed E-state index contributed by atoms with van der Waals surface area (Å²) in [5.74, 6) is 0.543. The zero-order valence-electron chi connectivity index (χ0n) is 19.8. The topological polar surface area (TPSA) is 87.3 Å². The average molecular weight is 511 g/mol. The third-order valence-corrected chi connectivity index (χ3v) is 7.07. The standard InChI is InChI=1S/C25H24ClFN6O3/c1-14-29-24-19(25(34)31(14)2)8-22(30-23(24)18-4-3-16(26)7-20(18)27)32-5-6-36-21(11-32)15-9-28-33(10-15)17-12-35-13-17/h3-4,7-10,17,21H,5-6,11-13H2,1-2H3. The first kappa shape index (κ1) is 23.1. The number of aryl methyl sites for hydroxylation is 1. The van der Waals surface area contributed by atoms with Gasteiger partial charge in [0.25, 0.3) is 5.56 Å². The molecule has 2 fully saturated rings. The largest absolute Gasteiger partial charge is 0.377 e. The second-order valence-corrected chi connectivity index (χ2v) is 9.56. The van der Waals surface area contributed by atoms with Crippen molar-refractivity contribution < 1.29 is 13.9 Å². The van der Waals surface area contributed by atoms with E-state index in [1.165, 1.54) is 10.6 Å². The number of pyridine rings is 1. The van der Waals surface area contributed by atoms with Crippen molar-refractivity contribution in [3.05, 3.63) is 69.2 Å². The summed E-state index contributed by atoms with van der Waals surface area (Å²) in [6, 6.07) is 6.39. The lowest BCUT2D eigenvalue weighted by molar-refractivity contribution is -0.0288. The van der Waals surface area contributed by atoms with Gasteiger partial charge in [-0.15, -0.1) is 0 Å². The highest BCUT2D eigenvalue weighted by Crippen LogP contribution is 2.33. The maximum absolute atomic E-state index is 15.0. The van der Waals surface area contributed by atoms with Gasteiger partial charge in [-0.25, -0.2) is 14.4 Å². The molecule has 0 radical (unpaired) electrons. The molecule has 186 valence electrons. The van der Waals surface area contributed by atoms with Crippen LogP contribution in [-0.4, -0.2) is 57.2 Å². The number of benzene rings is 1. The third-order valence-electron chi connectivity index (χ3n) is 6.84. The molecule has 2 saturated heterocycles. The predicted molar refractivity (Wildman–Crippen MR) is 133 cm³/mol. The van der Waals surface area contributed by atoms with Gasteiger partial charge in [-0.05, 0) is 31.2 Å². The van der Waals surface area contributed by atoms with E-state index in [9.17, 15) is 4.79 Å². The molecule has 0 aliphatic carbocycles. The highest BCUT2D eigenvalue weighted by molar-refractivity contribution is 6.30. The van der Waals surface area contributed by atoms with E-state index < -0.39 is 5.82 Å². The fourth-order valence-electron chi connectivity index (χ4n) is 4.55. The molecule has 36 heavy (non-hydrogen) atoms. The van der Waals surface area contributed by atoms with Crippen LogP contribution in [0.5, 0.6) is 0 Å². The van der Waals surface area contributed by atoms with Crippen molar-refractivity contribution in [2.24, 2.45) is 7.05 Å². The van der Waals surface area contributed by atoms with Gasteiger partial charge in [-0.2, -0.15) is 5.10 Å². The van der Waals surface area contributed by atoms with Crippen LogP contribution in [0.2, 0.25) is 5.02 Å². The minimum absolute atomic E-state index is 0.217. The summed E-state index contributed by atoms with van der Waals surface area (Å²) in [5, 5.41) is 5.12. The van der Waals surface area contributed by atoms with Crippen LogP contribution in [0.25, 0.3) is 22.2 Å². The first-order valence-electron chi connectivity index (χ1n) is 11.7. The molecule has 9 nitrogen and oxygen atoms in total. The van der Waals surface area contributed by atoms with Crippen LogP contribution in [0.15, 0.2) is 41.5 Å². The number of fused-ring (bicyclic) bond motifs is 1. The first-order chi connectivity index (χ1) is 17.4. The predicted octanol–water partition coefficient (Wildman–Crippen LogP) is 3.44. The lowest BCUT2D eigenvalue weighted by Gasteiger charge is -2.34. The van der Waals surface area contributed by atoms with Gasteiger partial charge in [0, 0.05) is 42.5 Å². The second kappa shape index (κ2) is 8.95. The number of hydrogen-bond acceptors (Lipinski definition) is 7. The first-order valence-corrected chi connectivity index (χ1v) is 12.1. The molecule has 11 heteroatoms. The van der Waals surface area contributed by atoms with Gasteiger partial charge >= 0.3 is 0 Å². The Labute approximate surface area is 211 Å². The number of halogens is 2. The Balaban J connectivity index is 1.43. The summed E-state index contributed by atoms with van der Waals surface area (Å²) in [6.07, 6.45) is 3.59. The molecule has 2 aliphatic rings. The highest BCUT2D eigenvalue weighted by Gasteiger charge is 2.28. The van der Waals surface area contributed by atoms with Gasteiger partial charge in [0.2, 0.25) is 0 Å². The minimum Gasteiger partial charge on any atom is -0.377 e. The molecule has 0 amide bonds. The van der Waals surface area contributed by atoms with Crippen molar-refractivity contribution in [1.29, 1.82) is 0 Å². The van der Waals surface area contributed by atoms with Crippen LogP contribution in [0.3, 0.4) is 0 Å². The van der Waals surface area contributed by atoms with E-state index >= 15 is 4.39 Å². The molecule has 3 aromatic heterocycles. The average Bonchev–Trinajstić information content (AvgIpc) is 3.31. The Morgan fingerprint density at radius 1 is 1.19 bits per heavy atom. The molecule has 4 aromatic rings. The molecule has 5 heterocycles. The van der Waals surface area contributed by atoms with Crippen molar-refractivity contribution in [1.82, 2.24) is 24.3 Å². The van der Waals surface area contributed by atoms with Crippen LogP contribution in [0.1, 0.15) is 23.5 Å².